The minimum absolute atomic E-state index is 0.197. The highest BCUT2D eigenvalue weighted by atomic mass is 32.2. The van der Waals surface area contributed by atoms with Gasteiger partial charge in [-0.3, -0.25) is 4.79 Å². The van der Waals surface area contributed by atoms with Crippen LogP contribution in [0.5, 0.6) is 0 Å². The number of thioether (sulfide) groups is 1. The van der Waals surface area contributed by atoms with E-state index in [4.69, 9.17) is 0 Å². The smallest absolute Gasteiger partial charge is 0.221 e. The van der Waals surface area contributed by atoms with Crippen LogP contribution in [0.2, 0.25) is 0 Å². The molecule has 1 heterocycles. The molecule has 1 amide bonds. The van der Waals surface area contributed by atoms with Gasteiger partial charge in [0, 0.05) is 43.1 Å². The maximum absolute atomic E-state index is 11.9. The number of carbonyl (C=O) groups excluding carboxylic acids is 1. The molecule has 2 atom stereocenters. The second-order valence-corrected chi connectivity index (χ2v) is 6.75. The highest BCUT2D eigenvalue weighted by molar-refractivity contribution is 7.99. The van der Waals surface area contributed by atoms with Crippen LogP contribution in [0.1, 0.15) is 19.3 Å². The van der Waals surface area contributed by atoms with E-state index in [1.807, 2.05) is 11.8 Å². The Morgan fingerprint density at radius 3 is 2.83 bits per heavy atom. The van der Waals surface area contributed by atoms with Gasteiger partial charge in [0.05, 0.1) is 0 Å². The molecule has 2 unspecified atom stereocenters. The Morgan fingerprint density at radius 1 is 1.50 bits per heavy atom. The predicted molar refractivity (Wildman–Crippen MR) is 76.9 cm³/mol. The van der Waals surface area contributed by atoms with Crippen molar-refractivity contribution in [2.45, 2.75) is 31.3 Å². The minimum atomic E-state index is 0.197. The first-order valence-electron chi connectivity index (χ1n) is 6.91. The largest absolute Gasteiger partial charge is 0.354 e. The van der Waals surface area contributed by atoms with E-state index in [1.165, 1.54) is 18.6 Å². The molecule has 1 aliphatic carbocycles. The second-order valence-electron chi connectivity index (χ2n) is 5.60. The molecule has 18 heavy (non-hydrogen) atoms. The van der Waals surface area contributed by atoms with Gasteiger partial charge in [-0.05, 0) is 32.9 Å². The molecule has 0 bridgehead atoms. The lowest BCUT2D eigenvalue weighted by Crippen LogP contribution is -2.45. The third-order valence-electron chi connectivity index (χ3n) is 3.77. The molecule has 2 rings (SSSR count). The van der Waals surface area contributed by atoms with Gasteiger partial charge in [-0.1, -0.05) is 0 Å². The van der Waals surface area contributed by atoms with Gasteiger partial charge in [0.1, 0.15) is 0 Å². The molecule has 4 nitrogen and oxygen atoms in total. The van der Waals surface area contributed by atoms with E-state index >= 15 is 0 Å². The summed E-state index contributed by atoms with van der Waals surface area (Å²) in [5.74, 6) is 3.22. The normalized spacial score (nSPS) is 26.1. The van der Waals surface area contributed by atoms with Crippen molar-refractivity contribution in [2.24, 2.45) is 5.92 Å². The molecule has 0 aromatic heterocycles. The van der Waals surface area contributed by atoms with E-state index in [-0.39, 0.29) is 5.91 Å². The standard InChI is InChI=1S/C13H25N3OS/c1-16(2)12(10-3-4-10)8-15-13(17)7-11-9-18-6-5-14-11/h10-12,14H,3-9H2,1-2H3,(H,15,17). The molecule has 0 radical (unpaired) electrons. The number of nitrogens with zero attached hydrogens (tertiary/aromatic N) is 1. The predicted octanol–water partition coefficient (Wildman–Crippen LogP) is 0.538. The van der Waals surface area contributed by atoms with Crippen molar-refractivity contribution in [1.82, 2.24) is 15.5 Å². The van der Waals surface area contributed by atoms with E-state index in [9.17, 15) is 4.79 Å². The number of carbonyl (C=O) groups is 1. The highest BCUT2D eigenvalue weighted by Crippen LogP contribution is 2.34. The van der Waals surface area contributed by atoms with Crippen molar-refractivity contribution in [3.8, 4) is 0 Å². The molecule has 0 aromatic carbocycles. The average Bonchev–Trinajstić information content (AvgIpc) is 3.14. The Kier molecular flexibility index (Phi) is 5.33. The summed E-state index contributed by atoms with van der Waals surface area (Å²) >= 11 is 1.94. The van der Waals surface area contributed by atoms with Crippen LogP contribution in [-0.4, -0.2) is 61.6 Å². The summed E-state index contributed by atoms with van der Waals surface area (Å²) in [6, 6.07) is 0.880. The number of nitrogens with one attached hydrogen (secondary N) is 2. The van der Waals surface area contributed by atoms with Crippen LogP contribution in [0, 0.1) is 5.92 Å². The van der Waals surface area contributed by atoms with Gasteiger partial charge in [-0.15, -0.1) is 0 Å². The lowest BCUT2D eigenvalue weighted by atomic mass is 10.1. The average molecular weight is 271 g/mol. The molecule has 1 saturated carbocycles. The van der Waals surface area contributed by atoms with Crippen molar-refractivity contribution in [1.29, 1.82) is 0 Å². The maximum Gasteiger partial charge on any atom is 0.221 e. The Hall–Kier alpha value is -0.260. The van der Waals surface area contributed by atoms with E-state index in [0.717, 1.165) is 24.8 Å². The van der Waals surface area contributed by atoms with Gasteiger partial charge in [0.15, 0.2) is 0 Å². The van der Waals surface area contributed by atoms with Crippen molar-refractivity contribution < 1.29 is 4.79 Å². The maximum atomic E-state index is 11.9. The molecular weight excluding hydrogens is 246 g/mol. The van der Waals surface area contributed by atoms with Crippen LogP contribution in [-0.2, 0) is 4.79 Å². The summed E-state index contributed by atoms with van der Waals surface area (Å²) in [7, 11) is 4.21. The molecule has 2 fully saturated rings. The molecule has 5 heteroatoms. The fraction of sp³-hybridized carbons (Fsp3) is 0.923. The molecular formula is C13H25N3OS. The Balaban J connectivity index is 1.66. The number of rotatable bonds is 6. The lowest BCUT2D eigenvalue weighted by molar-refractivity contribution is -0.121. The van der Waals surface area contributed by atoms with Crippen LogP contribution in [0.15, 0.2) is 0 Å². The fourth-order valence-electron chi connectivity index (χ4n) is 2.52. The van der Waals surface area contributed by atoms with Crippen LogP contribution in [0.25, 0.3) is 0 Å². The number of hydrogen-bond acceptors (Lipinski definition) is 4. The molecule has 2 aliphatic rings. The van der Waals surface area contributed by atoms with E-state index in [0.29, 0.717) is 18.5 Å². The zero-order chi connectivity index (χ0) is 13.0. The Bertz CT molecular complexity index is 273. The van der Waals surface area contributed by atoms with Crippen LogP contribution >= 0.6 is 11.8 Å². The molecule has 2 N–H and O–H groups in total. The molecule has 1 aliphatic heterocycles. The third-order valence-corrected chi connectivity index (χ3v) is 4.90. The second kappa shape index (κ2) is 6.78. The minimum Gasteiger partial charge on any atom is -0.354 e. The van der Waals surface area contributed by atoms with Gasteiger partial charge in [0.25, 0.3) is 0 Å². The molecule has 0 aromatic rings. The van der Waals surface area contributed by atoms with Gasteiger partial charge in [-0.2, -0.15) is 11.8 Å². The fourth-order valence-corrected chi connectivity index (χ4v) is 3.47. The zero-order valence-corrected chi connectivity index (χ0v) is 12.3. The first-order chi connectivity index (χ1) is 8.66. The summed E-state index contributed by atoms with van der Waals surface area (Å²) in [4.78, 5) is 14.1. The summed E-state index contributed by atoms with van der Waals surface area (Å²) in [5, 5.41) is 6.51. The van der Waals surface area contributed by atoms with Crippen molar-refractivity contribution >= 4 is 17.7 Å². The Labute approximate surface area is 114 Å². The van der Waals surface area contributed by atoms with Crippen molar-refractivity contribution in [3.63, 3.8) is 0 Å². The van der Waals surface area contributed by atoms with Crippen LogP contribution < -0.4 is 10.6 Å². The monoisotopic (exact) mass is 271 g/mol. The number of amides is 1. The Morgan fingerprint density at radius 2 is 2.28 bits per heavy atom. The van der Waals surface area contributed by atoms with Gasteiger partial charge in [-0.25, -0.2) is 0 Å². The van der Waals surface area contributed by atoms with E-state index < -0.39 is 0 Å². The molecule has 0 spiro atoms. The van der Waals surface area contributed by atoms with Crippen molar-refractivity contribution in [3.05, 3.63) is 0 Å². The highest BCUT2D eigenvalue weighted by Gasteiger charge is 2.32. The SMILES string of the molecule is CN(C)C(CNC(=O)CC1CSCCN1)C1CC1. The summed E-state index contributed by atoms with van der Waals surface area (Å²) in [6.45, 7) is 1.83. The number of likely N-dealkylation sites (N-methyl/N-ethyl adjacent to an activating group) is 1. The summed E-state index contributed by atoms with van der Waals surface area (Å²) < 4.78 is 0. The quantitative estimate of drug-likeness (QED) is 0.740. The first-order valence-corrected chi connectivity index (χ1v) is 8.06. The van der Waals surface area contributed by atoms with Crippen molar-refractivity contribution in [2.75, 3.05) is 38.7 Å². The summed E-state index contributed by atoms with van der Waals surface area (Å²) in [5.41, 5.74) is 0. The first kappa shape index (κ1) is 14.2. The number of hydrogen-bond donors (Lipinski definition) is 2. The third kappa shape index (κ3) is 4.44. The van der Waals surface area contributed by atoms with Gasteiger partial charge in [0.2, 0.25) is 5.91 Å². The summed E-state index contributed by atoms with van der Waals surface area (Å²) in [6.07, 6.45) is 3.26. The zero-order valence-electron chi connectivity index (χ0n) is 11.4. The van der Waals surface area contributed by atoms with Crippen LogP contribution in [0.4, 0.5) is 0 Å². The molecule has 104 valence electrons. The van der Waals surface area contributed by atoms with Crippen LogP contribution in [0.3, 0.4) is 0 Å². The van der Waals surface area contributed by atoms with Gasteiger partial charge < -0.3 is 15.5 Å². The van der Waals surface area contributed by atoms with E-state index in [2.05, 4.69) is 29.6 Å². The van der Waals surface area contributed by atoms with Gasteiger partial charge >= 0.3 is 0 Å². The van der Waals surface area contributed by atoms with E-state index in [1.54, 1.807) is 0 Å². The topological polar surface area (TPSA) is 44.4 Å². The lowest BCUT2D eigenvalue weighted by Gasteiger charge is -2.26. The molecule has 1 saturated heterocycles.